The molecule has 0 saturated carbocycles. The fraction of sp³-hybridized carbons (Fsp3) is 0.542. The maximum absolute atomic E-state index is 13.3. The Morgan fingerprint density at radius 3 is 2.58 bits per heavy atom. The van der Waals surface area contributed by atoms with E-state index >= 15 is 0 Å². The standard InChI is InChI=1S/C24H33ClN4O4/c1-24(2,3)12-20(29-22(31)19-11-16-6-4-5-7-17(16)27-19)23(32)28-18(21(30)13-25)10-15-8-9-26-33-14-15/h4-7,11,15,18,20,26-27H,8-10,12-14H2,1-3H3,(H,28,32)(H,29,31)/t15?,18?,20-/m0/s1. The number of nitrogens with one attached hydrogen (secondary N) is 4. The van der Waals surface area contributed by atoms with Crippen LogP contribution in [0.4, 0.5) is 0 Å². The molecule has 1 aromatic heterocycles. The van der Waals surface area contributed by atoms with E-state index in [0.717, 1.165) is 17.3 Å². The van der Waals surface area contributed by atoms with E-state index in [-0.39, 0.29) is 28.9 Å². The van der Waals surface area contributed by atoms with Crippen LogP contribution in [0, 0.1) is 11.3 Å². The number of carbonyl (C=O) groups is 3. The lowest BCUT2D eigenvalue weighted by molar-refractivity contribution is -0.129. The molecule has 1 aliphatic rings. The van der Waals surface area contributed by atoms with Gasteiger partial charge in [-0.2, -0.15) is 0 Å². The summed E-state index contributed by atoms with van der Waals surface area (Å²) in [6.07, 6.45) is 1.69. The molecule has 2 heterocycles. The van der Waals surface area contributed by atoms with Crippen LogP contribution in [0.1, 0.15) is 50.5 Å². The minimum absolute atomic E-state index is 0.130. The van der Waals surface area contributed by atoms with Crippen LogP contribution < -0.4 is 16.1 Å². The van der Waals surface area contributed by atoms with E-state index in [1.165, 1.54) is 0 Å². The van der Waals surface area contributed by atoms with Gasteiger partial charge in [0.25, 0.3) is 5.91 Å². The molecule has 0 spiro atoms. The number of hydrogen-bond donors (Lipinski definition) is 4. The van der Waals surface area contributed by atoms with Crippen molar-refractivity contribution in [2.45, 2.75) is 52.1 Å². The van der Waals surface area contributed by atoms with Gasteiger partial charge in [-0.25, -0.2) is 5.48 Å². The number of fused-ring (bicyclic) bond motifs is 1. The van der Waals surface area contributed by atoms with Gasteiger partial charge in [0.1, 0.15) is 11.7 Å². The summed E-state index contributed by atoms with van der Waals surface area (Å²) >= 11 is 5.82. The molecule has 4 N–H and O–H groups in total. The van der Waals surface area contributed by atoms with Crippen molar-refractivity contribution in [3.05, 3.63) is 36.0 Å². The van der Waals surface area contributed by atoms with Crippen molar-refractivity contribution in [2.24, 2.45) is 11.3 Å². The van der Waals surface area contributed by atoms with Crippen molar-refractivity contribution >= 4 is 40.1 Å². The van der Waals surface area contributed by atoms with Crippen molar-refractivity contribution in [3.8, 4) is 0 Å². The first-order valence-electron chi connectivity index (χ1n) is 11.3. The number of halogens is 1. The molecule has 2 unspecified atom stereocenters. The Labute approximate surface area is 199 Å². The van der Waals surface area contributed by atoms with Crippen LogP contribution in [0.5, 0.6) is 0 Å². The summed E-state index contributed by atoms with van der Waals surface area (Å²) < 4.78 is 0. The highest BCUT2D eigenvalue weighted by Crippen LogP contribution is 2.22. The largest absolute Gasteiger partial charge is 0.351 e. The number of alkyl halides is 1. The number of H-pyrrole nitrogens is 1. The van der Waals surface area contributed by atoms with Crippen LogP contribution in [0.3, 0.4) is 0 Å². The molecule has 1 fully saturated rings. The lowest BCUT2D eigenvalue weighted by Crippen LogP contribution is -2.53. The fourth-order valence-electron chi connectivity index (χ4n) is 4.00. The van der Waals surface area contributed by atoms with Crippen LogP contribution in [-0.2, 0) is 14.4 Å². The van der Waals surface area contributed by atoms with Gasteiger partial charge in [0.05, 0.1) is 18.5 Å². The predicted octanol–water partition coefficient (Wildman–Crippen LogP) is 2.93. The summed E-state index contributed by atoms with van der Waals surface area (Å²) in [5.74, 6) is -1.08. The van der Waals surface area contributed by atoms with Gasteiger partial charge in [-0.05, 0) is 42.7 Å². The van der Waals surface area contributed by atoms with Crippen molar-refractivity contribution in [2.75, 3.05) is 19.0 Å². The Morgan fingerprint density at radius 2 is 1.94 bits per heavy atom. The Bertz CT molecular complexity index is 945. The van der Waals surface area contributed by atoms with E-state index in [0.29, 0.717) is 31.7 Å². The van der Waals surface area contributed by atoms with Gasteiger partial charge in [0, 0.05) is 17.4 Å². The molecule has 33 heavy (non-hydrogen) atoms. The van der Waals surface area contributed by atoms with Crippen LogP contribution in [0.2, 0.25) is 0 Å². The lowest BCUT2D eigenvalue weighted by atomic mass is 9.87. The summed E-state index contributed by atoms with van der Waals surface area (Å²) in [5.41, 5.74) is 3.80. The topological polar surface area (TPSA) is 112 Å². The van der Waals surface area contributed by atoms with Crippen LogP contribution >= 0.6 is 11.6 Å². The van der Waals surface area contributed by atoms with Crippen molar-refractivity contribution < 1.29 is 19.2 Å². The van der Waals surface area contributed by atoms with Crippen molar-refractivity contribution in [3.63, 3.8) is 0 Å². The predicted molar refractivity (Wildman–Crippen MR) is 128 cm³/mol. The minimum atomic E-state index is -0.807. The van der Waals surface area contributed by atoms with Gasteiger partial charge in [-0.15, -0.1) is 11.6 Å². The zero-order valence-corrected chi connectivity index (χ0v) is 20.1. The van der Waals surface area contributed by atoms with Gasteiger partial charge >= 0.3 is 0 Å². The summed E-state index contributed by atoms with van der Waals surface area (Å²) in [6.45, 7) is 7.14. The summed E-state index contributed by atoms with van der Waals surface area (Å²) in [5, 5.41) is 6.62. The molecule has 1 aromatic carbocycles. The maximum atomic E-state index is 13.3. The average Bonchev–Trinajstić information content (AvgIpc) is 3.22. The first-order chi connectivity index (χ1) is 15.7. The average molecular weight is 477 g/mol. The highest BCUT2D eigenvalue weighted by molar-refractivity contribution is 6.28. The zero-order chi connectivity index (χ0) is 24.0. The number of aromatic amines is 1. The SMILES string of the molecule is CC(C)(C)C[C@H](NC(=O)c1cc2ccccc2[nH]1)C(=O)NC(CC1CCNOC1)C(=O)CCl. The number of para-hydroxylation sites is 1. The van der Waals surface area contributed by atoms with Crippen LogP contribution in [0.15, 0.2) is 30.3 Å². The number of rotatable bonds is 9. The Morgan fingerprint density at radius 1 is 1.18 bits per heavy atom. The number of Topliss-reactive ketones (excluding diaryl/α,β-unsaturated/α-hetero) is 1. The molecule has 2 amide bonds. The number of amides is 2. The first kappa shape index (κ1) is 25.2. The quantitative estimate of drug-likeness (QED) is 0.416. The highest BCUT2D eigenvalue weighted by atomic mass is 35.5. The summed E-state index contributed by atoms with van der Waals surface area (Å²) in [6, 6.07) is 7.81. The molecule has 1 aliphatic heterocycles. The van der Waals surface area contributed by atoms with Crippen molar-refractivity contribution in [1.29, 1.82) is 0 Å². The molecule has 1 saturated heterocycles. The molecular weight excluding hydrogens is 444 g/mol. The Balaban J connectivity index is 1.73. The van der Waals surface area contributed by atoms with E-state index in [9.17, 15) is 14.4 Å². The molecule has 3 rings (SSSR count). The highest BCUT2D eigenvalue weighted by Gasteiger charge is 2.31. The number of hydrogen-bond acceptors (Lipinski definition) is 5. The third-order valence-electron chi connectivity index (χ3n) is 5.69. The number of carbonyl (C=O) groups excluding carboxylic acids is 3. The Hall–Kier alpha value is -2.42. The van der Waals surface area contributed by atoms with E-state index < -0.39 is 18.0 Å². The van der Waals surface area contributed by atoms with E-state index in [1.54, 1.807) is 6.07 Å². The Kier molecular flexibility index (Phi) is 8.51. The molecule has 2 aromatic rings. The molecule has 0 bridgehead atoms. The summed E-state index contributed by atoms with van der Waals surface area (Å²) in [4.78, 5) is 47.1. The second kappa shape index (κ2) is 11.1. The number of ketones is 1. The normalized spacial score (nSPS) is 18.5. The molecule has 8 nitrogen and oxygen atoms in total. The second-order valence-electron chi connectivity index (χ2n) is 9.82. The van der Waals surface area contributed by atoms with Crippen molar-refractivity contribution in [1.82, 2.24) is 21.1 Å². The number of hydroxylamine groups is 1. The van der Waals surface area contributed by atoms with Crippen LogP contribution in [0.25, 0.3) is 10.9 Å². The molecule has 180 valence electrons. The third-order valence-corrected chi connectivity index (χ3v) is 5.96. The first-order valence-corrected chi connectivity index (χ1v) is 11.8. The third kappa shape index (κ3) is 7.28. The maximum Gasteiger partial charge on any atom is 0.268 e. The summed E-state index contributed by atoms with van der Waals surface area (Å²) in [7, 11) is 0. The van der Waals surface area contributed by atoms with E-state index in [2.05, 4.69) is 21.1 Å². The molecule has 3 atom stereocenters. The molecular formula is C24H33ClN4O4. The smallest absolute Gasteiger partial charge is 0.268 e. The number of aromatic nitrogens is 1. The van der Waals surface area contributed by atoms with Gasteiger partial charge in [-0.3, -0.25) is 14.4 Å². The van der Waals surface area contributed by atoms with Gasteiger partial charge in [0.15, 0.2) is 5.78 Å². The van der Waals surface area contributed by atoms with Gasteiger partial charge in [-0.1, -0.05) is 39.0 Å². The van der Waals surface area contributed by atoms with Gasteiger partial charge < -0.3 is 20.5 Å². The van der Waals surface area contributed by atoms with E-state index in [4.69, 9.17) is 16.4 Å². The van der Waals surface area contributed by atoms with Crippen LogP contribution in [-0.4, -0.2) is 53.7 Å². The number of benzene rings is 1. The molecule has 0 aliphatic carbocycles. The zero-order valence-electron chi connectivity index (χ0n) is 19.4. The van der Waals surface area contributed by atoms with Gasteiger partial charge in [0.2, 0.25) is 5.91 Å². The minimum Gasteiger partial charge on any atom is -0.351 e. The molecule has 9 heteroatoms. The fourth-order valence-corrected chi connectivity index (χ4v) is 4.19. The molecule has 0 radical (unpaired) electrons. The second-order valence-corrected chi connectivity index (χ2v) is 10.1. The lowest BCUT2D eigenvalue weighted by Gasteiger charge is -2.29. The monoisotopic (exact) mass is 476 g/mol. The van der Waals surface area contributed by atoms with E-state index in [1.807, 2.05) is 45.0 Å².